The van der Waals surface area contributed by atoms with Gasteiger partial charge in [-0.25, -0.2) is 0 Å². The van der Waals surface area contributed by atoms with Gasteiger partial charge in [0.25, 0.3) is 0 Å². The molecule has 2 bridgehead atoms. The molecule has 2 saturated carbocycles. The van der Waals surface area contributed by atoms with Crippen LogP contribution in [0.25, 0.3) is 0 Å². The fourth-order valence-electron chi connectivity index (χ4n) is 5.07. The van der Waals surface area contributed by atoms with Crippen LogP contribution in [-0.4, -0.2) is 58.1 Å². The van der Waals surface area contributed by atoms with Gasteiger partial charge in [-0.15, -0.1) is 24.8 Å². The summed E-state index contributed by atoms with van der Waals surface area (Å²) in [5.41, 5.74) is 6.38. The highest BCUT2D eigenvalue weighted by Gasteiger charge is 2.41. The Bertz CT molecular complexity index is 622. The predicted molar refractivity (Wildman–Crippen MR) is 112 cm³/mol. The lowest BCUT2D eigenvalue weighted by molar-refractivity contribution is -0.140. The minimum atomic E-state index is 0. The van der Waals surface area contributed by atoms with E-state index < -0.39 is 0 Å². The van der Waals surface area contributed by atoms with Crippen molar-refractivity contribution in [3.63, 3.8) is 0 Å². The van der Waals surface area contributed by atoms with Crippen molar-refractivity contribution >= 4 is 30.7 Å². The quantitative estimate of drug-likeness (QED) is 0.782. The number of carbonyl (C=O) groups excluding carboxylic acids is 1. The molecular weight excluding hydrogens is 401 g/mol. The number of rotatable bonds is 4. The first kappa shape index (κ1) is 23.4. The van der Waals surface area contributed by atoms with Crippen LogP contribution in [0, 0.1) is 17.8 Å². The van der Waals surface area contributed by atoms with Crippen LogP contribution in [-0.2, 0) is 17.8 Å². The second kappa shape index (κ2) is 10.2. The van der Waals surface area contributed by atoms with Crippen molar-refractivity contribution in [3.8, 4) is 0 Å². The number of nitrogens with zero attached hydrogens (tertiary/aromatic N) is 4. The van der Waals surface area contributed by atoms with Crippen molar-refractivity contribution in [2.24, 2.45) is 23.5 Å². The van der Waals surface area contributed by atoms with Gasteiger partial charge in [-0.1, -0.05) is 18.5 Å². The van der Waals surface area contributed by atoms with Crippen LogP contribution >= 0.6 is 24.8 Å². The third-order valence-corrected chi connectivity index (χ3v) is 6.62. The summed E-state index contributed by atoms with van der Waals surface area (Å²) in [5.74, 6) is 3.11. The van der Waals surface area contributed by atoms with Gasteiger partial charge in [0.1, 0.15) is 0 Å². The Morgan fingerprint density at radius 3 is 2.36 bits per heavy atom. The molecule has 1 aliphatic heterocycles. The molecule has 160 valence electrons. The molecular formula is C19H33Cl2N5O2. The second-order valence-electron chi connectivity index (χ2n) is 8.26. The largest absolute Gasteiger partial charge is 0.340 e. The lowest BCUT2D eigenvalue weighted by Crippen LogP contribution is -2.53. The second-order valence-corrected chi connectivity index (χ2v) is 8.26. The number of amides is 1. The zero-order valence-electron chi connectivity index (χ0n) is 16.6. The van der Waals surface area contributed by atoms with Crippen LogP contribution in [0.4, 0.5) is 0 Å². The number of fused-ring (bicyclic) bond motifs is 2. The summed E-state index contributed by atoms with van der Waals surface area (Å²) in [5, 5.41) is 4.03. The van der Waals surface area contributed by atoms with Crippen LogP contribution in [0.2, 0.25) is 0 Å². The number of hydrogen-bond acceptors (Lipinski definition) is 6. The summed E-state index contributed by atoms with van der Waals surface area (Å²) >= 11 is 0. The van der Waals surface area contributed by atoms with E-state index in [0.29, 0.717) is 36.2 Å². The molecule has 9 heteroatoms. The average molecular weight is 434 g/mol. The Morgan fingerprint density at radius 2 is 1.79 bits per heavy atom. The Kier molecular flexibility index (Phi) is 8.55. The molecule has 1 amide bonds. The van der Waals surface area contributed by atoms with Gasteiger partial charge in [-0.3, -0.25) is 9.69 Å². The Labute approximate surface area is 179 Å². The van der Waals surface area contributed by atoms with Gasteiger partial charge < -0.3 is 15.2 Å². The highest BCUT2D eigenvalue weighted by Crippen LogP contribution is 2.42. The average Bonchev–Trinajstić information content (AvgIpc) is 3.09. The van der Waals surface area contributed by atoms with Gasteiger partial charge in [0.2, 0.25) is 11.8 Å². The molecule has 1 aromatic rings. The molecule has 0 radical (unpaired) electrons. The van der Waals surface area contributed by atoms with E-state index in [2.05, 4.69) is 19.9 Å². The molecule has 1 aromatic heterocycles. The molecule has 4 rings (SSSR count). The summed E-state index contributed by atoms with van der Waals surface area (Å²) in [4.78, 5) is 21.8. The molecule has 7 nitrogen and oxygen atoms in total. The van der Waals surface area contributed by atoms with E-state index in [1.54, 1.807) is 0 Å². The Balaban J connectivity index is 0.00000140. The maximum absolute atomic E-state index is 13.0. The van der Waals surface area contributed by atoms with Crippen LogP contribution in [0.5, 0.6) is 0 Å². The highest BCUT2D eigenvalue weighted by molar-refractivity contribution is 5.85. The minimum absolute atomic E-state index is 0. The van der Waals surface area contributed by atoms with E-state index in [9.17, 15) is 4.79 Å². The van der Waals surface area contributed by atoms with Gasteiger partial charge in [-0.2, -0.15) is 4.98 Å². The standard InChI is InChI=1S/C19H31N5O2.2ClH/c1-2-17-21-16(22-26-17)12-23-6-8-24(9-7-23)19(25)15-10-13-4-3-5-14(11-15)18(13)20;;/h13-15,18H,2-12,20H2,1H3;2*1H. The normalized spacial score (nSPS) is 30.3. The number of nitrogens with two attached hydrogens (primary N) is 1. The van der Waals surface area contributed by atoms with Gasteiger partial charge >= 0.3 is 0 Å². The first-order chi connectivity index (χ1) is 12.6. The van der Waals surface area contributed by atoms with Crippen LogP contribution in [0.15, 0.2) is 4.52 Å². The number of aryl methyl sites for hydroxylation is 1. The monoisotopic (exact) mass is 433 g/mol. The maximum atomic E-state index is 13.0. The number of carbonyl (C=O) groups is 1. The first-order valence-electron chi connectivity index (χ1n) is 10.2. The van der Waals surface area contributed by atoms with E-state index in [1.165, 1.54) is 19.3 Å². The SMILES string of the molecule is CCc1nc(CN2CCN(C(=O)C3CC4CCCC(C3)C4N)CC2)no1.Cl.Cl. The van der Waals surface area contributed by atoms with Crippen LogP contribution < -0.4 is 5.73 Å². The van der Waals surface area contributed by atoms with Crippen molar-refractivity contribution in [1.82, 2.24) is 19.9 Å². The van der Waals surface area contributed by atoms with Gasteiger partial charge in [0.15, 0.2) is 5.82 Å². The Hall–Kier alpha value is -0.890. The summed E-state index contributed by atoms with van der Waals surface area (Å²) in [6, 6.07) is 0.326. The van der Waals surface area contributed by atoms with E-state index in [4.69, 9.17) is 10.3 Å². The molecule has 2 aliphatic carbocycles. The molecule has 3 fully saturated rings. The van der Waals surface area contributed by atoms with Crippen LogP contribution in [0.1, 0.15) is 50.7 Å². The van der Waals surface area contributed by atoms with Crippen molar-refractivity contribution in [2.45, 2.75) is 58.0 Å². The molecule has 0 aromatic carbocycles. The van der Waals surface area contributed by atoms with E-state index in [1.807, 2.05) is 6.92 Å². The lowest BCUT2D eigenvalue weighted by atomic mass is 9.65. The number of piperazine rings is 1. The molecule has 0 spiro atoms. The van der Waals surface area contributed by atoms with Crippen molar-refractivity contribution in [1.29, 1.82) is 0 Å². The third kappa shape index (κ3) is 4.99. The van der Waals surface area contributed by atoms with Crippen molar-refractivity contribution in [3.05, 3.63) is 11.7 Å². The zero-order valence-corrected chi connectivity index (χ0v) is 18.2. The van der Waals surface area contributed by atoms with Crippen molar-refractivity contribution < 1.29 is 9.32 Å². The Morgan fingerprint density at radius 1 is 1.14 bits per heavy atom. The topological polar surface area (TPSA) is 88.5 Å². The number of halogens is 2. The number of hydrogen-bond donors (Lipinski definition) is 1. The van der Waals surface area contributed by atoms with E-state index >= 15 is 0 Å². The fourth-order valence-corrected chi connectivity index (χ4v) is 5.07. The zero-order chi connectivity index (χ0) is 18.1. The highest BCUT2D eigenvalue weighted by atomic mass is 35.5. The summed E-state index contributed by atoms with van der Waals surface area (Å²) < 4.78 is 5.18. The van der Waals surface area contributed by atoms with Crippen LogP contribution in [0.3, 0.4) is 0 Å². The molecule has 2 N–H and O–H groups in total. The van der Waals surface area contributed by atoms with Gasteiger partial charge in [0.05, 0.1) is 6.54 Å². The minimum Gasteiger partial charge on any atom is -0.340 e. The molecule has 3 aliphatic rings. The fraction of sp³-hybridized carbons (Fsp3) is 0.842. The third-order valence-electron chi connectivity index (χ3n) is 6.62. The number of aromatic nitrogens is 2. The molecule has 1 saturated heterocycles. The maximum Gasteiger partial charge on any atom is 0.226 e. The van der Waals surface area contributed by atoms with Gasteiger partial charge in [0, 0.05) is 44.6 Å². The van der Waals surface area contributed by atoms with E-state index in [0.717, 1.165) is 51.3 Å². The lowest BCUT2D eigenvalue weighted by Gasteiger charge is -2.45. The first-order valence-corrected chi connectivity index (χ1v) is 10.2. The summed E-state index contributed by atoms with van der Waals surface area (Å²) in [6.45, 7) is 6.06. The summed E-state index contributed by atoms with van der Waals surface area (Å²) in [6.07, 6.45) is 6.47. The molecule has 28 heavy (non-hydrogen) atoms. The molecule has 2 unspecified atom stereocenters. The van der Waals surface area contributed by atoms with Gasteiger partial charge in [-0.05, 0) is 37.5 Å². The predicted octanol–water partition coefficient (Wildman–Crippen LogP) is 2.27. The van der Waals surface area contributed by atoms with E-state index in [-0.39, 0.29) is 30.7 Å². The molecule has 2 heterocycles. The molecule has 2 atom stereocenters. The summed E-state index contributed by atoms with van der Waals surface area (Å²) in [7, 11) is 0. The smallest absolute Gasteiger partial charge is 0.226 e. The van der Waals surface area contributed by atoms with Crippen molar-refractivity contribution in [2.75, 3.05) is 26.2 Å².